The molecule has 1 saturated heterocycles. The molecular weight excluding hydrogens is 356 g/mol. The molecule has 1 aromatic heterocycles. The minimum atomic E-state index is 0.155. The van der Waals surface area contributed by atoms with Gasteiger partial charge in [0.05, 0.1) is 12.2 Å². The normalized spacial score (nSPS) is 20.9. The van der Waals surface area contributed by atoms with Crippen LogP contribution in [0.5, 0.6) is 5.75 Å². The minimum Gasteiger partial charge on any atom is -0.484 e. The fraction of sp³-hybridized carbons (Fsp3) is 0.385. The Hall–Kier alpha value is -2.52. The van der Waals surface area contributed by atoms with Crippen molar-refractivity contribution in [2.45, 2.75) is 38.3 Å². The largest absolute Gasteiger partial charge is 0.484 e. The molecule has 3 heteroatoms. The maximum atomic E-state index is 6.63. The van der Waals surface area contributed by atoms with Crippen LogP contribution in [0.1, 0.15) is 48.6 Å². The summed E-state index contributed by atoms with van der Waals surface area (Å²) in [5, 5.41) is 0. The number of likely N-dealkylation sites (tertiary alicyclic amines) is 1. The van der Waals surface area contributed by atoms with E-state index < -0.39 is 0 Å². The number of hydrogen-bond donors (Lipinski definition) is 0. The average molecular weight is 387 g/mol. The molecule has 0 spiro atoms. The first-order valence-corrected chi connectivity index (χ1v) is 10.9. The van der Waals surface area contributed by atoms with E-state index in [1.807, 2.05) is 0 Å². The van der Waals surface area contributed by atoms with E-state index in [0.29, 0.717) is 11.8 Å². The fourth-order valence-electron chi connectivity index (χ4n) is 5.01. The molecule has 150 valence electrons. The molecule has 2 aliphatic rings. The molecule has 0 aliphatic carbocycles. The van der Waals surface area contributed by atoms with Gasteiger partial charge in [-0.25, -0.2) is 0 Å². The molecule has 2 aliphatic heterocycles. The van der Waals surface area contributed by atoms with Crippen molar-refractivity contribution in [1.82, 2.24) is 9.47 Å². The van der Waals surface area contributed by atoms with Gasteiger partial charge >= 0.3 is 0 Å². The number of para-hydroxylation sites is 1. The highest BCUT2D eigenvalue weighted by molar-refractivity contribution is 5.36. The predicted molar refractivity (Wildman–Crippen MR) is 117 cm³/mol. The van der Waals surface area contributed by atoms with Crippen LogP contribution in [0.25, 0.3) is 0 Å². The summed E-state index contributed by atoms with van der Waals surface area (Å²) in [5.74, 6) is 2.20. The van der Waals surface area contributed by atoms with E-state index >= 15 is 0 Å². The zero-order valence-corrected chi connectivity index (χ0v) is 17.2. The topological polar surface area (TPSA) is 17.4 Å². The number of fused-ring (bicyclic) bond motifs is 2. The van der Waals surface area contributed by atoms with Crippen LogP contribution in [0.3, 0.4) is 0 Å². The van der Waals surface area contributed by atoms with E-state index in [1.165, 1.54) is 29.7 Å². The van der Waals surface area contributed by atoms with Crippen molar-refractivity contribution < 1.29 is 4.74 Å². The summed E-state index contributed by atoms with van der Waals surface area (Å²) in [4.78, 5) is 2.64. The fourth-order valence-corrected chi connectivity index (χ4v) is 5.01. The lowest BCUT2D eigenvalue weighted by atomic mass is 9.88. The first-order chi connectivity index (χ1) is 14.3. The Labute approximate surface area is 173 Å². The van der Waals surface area contributed by atoms with Gasteiger partial charge in [0.15, 0.2) is 0 Å². The molecule has 3 heterocycles. The van der Waals surface area contributed by atoms with Crippen LogP contribution in [-0.2, 0) is 6.54 Å². The van der Waals surface area contributed by atoms with Gasteiger partial charge in [0.1, 0.15) is 11.9 Å². The van der Waals surface area contributed by atoms with E-state index in [4.69, 9.17) is 4.74 Å². The zero-order valence-electron chi connectivity index (χ0n) is 17.2. The molecule has 3 aromatic rings. The minimum absolute atomic E-state index is 0.155. The average Bonchev–Trinajstić information content (AvgIpc) is 3.16. The Balaban J connectivity index is 1.27. The number of ether oxygens (including phenoxy) is 1. The molecule has 29 heavy (non-hydrogen) atoms. The van der Waals surface area contributed by atoms with E-state index in [9.17, 15) is 0 Å². The lowest BCUT2D eigenvalue weighted by Gasteiger charge is -2.37. The van der Waals surface area contributed by atoms with E-state index in [0.717, 1.165) is 31.9 Å². The van der Waals surface area contributed by atoms with Gasteiger partial charge in [0.2, 0.25) is 0 Å². The molecule has 0 bridgehead atoms. The Bertz CT molecular complexity index is 940. The van der Waals surface area contributed by atoms with Crippen molar-refractivity contribution in [3.05, 3.63) is 89.7 Å². The van der Waals surface area contributed by atoms with Crippen molar-refractivity contribution in [2.75, 3.05) is 19.6 Å². The van der Waals surface area contributed by atoms with Gasteiger partial charge in [-0.3, -0.25) is 0 Å². The van der Waals surface area contributed by atoms with Gasteiger partial charge in [-0.05, 0) is 55.6 Å². The highest BCUT2D eigenvalue weighted by Crippen LogP contribution is 2.39. The number of piperidine rings is 1. The van der Waals surface area contributed by atoms with Crippen LogP contribution in [-0.4, -0.2) is 29.1 Å². The molecule has 1 fully saturated rings. The number of benzene rings is 2. The van der Waals surface area contributed by atoms with Crippen LogP contribution in [0.2, 0.25) is 0 Å². The summed E-state index contributed by atoms with van der Waals surface area (Å²) in [6, 6.07) is 23.8. The third kappa shape index (κ3) is 3.84. The SMILES string of the molecule is CC(CN1CCC(C2Oc3ccccc3Cn3cccc32)CC1)c1ccccc1. The highest BCUT2D eigenvalue weighted by atomic mass is 16.5. The maximum Gasteiger partial charge on any atom is 0.141 e. The summed E-state index contributed by atoms with van der Waals surface area (Å²) in [6.07, 6.45) is 4.74. The van der Waals surface area contributed by atoms with Crippen LogP contribution in [0, 0.1) is 5.92 Å². The molecule has 0 saturated carbocycles. The molecule has 2 unspecified atom stereocenters. The summed E-state index contributed by atoms with van der Waals surface area (Å²) in [7, 11) is 0. The van der Waals surface area contributed by atoms with Crippen molar-refractivity contribution in [1.29, 1.82) is 0 Å². The molecule has 0 N–H and O–H groups in total. The smallest absolute Gasteiger partial charge is 0.141 e. The van der Waals surface area contributed by atoms with Gasteiger partial charge in [0, 0.05) is 24.2 Å². The van der Waals surface area contributed by atoms with Crippen molar-refractivity contribution >= 4 is 0 Å². The monoisotopic (exact) mass is 386 g/mol. The number of nitrogens with zero attached hydrogens (tertiary/aromatic N) is 2. The quantitative estimate of drug-likeness (QED) is 0.590. The van der Waals surface area contributed by atoms with Gasteiger partial charge in [-0.1, -0.05) is 55.5 Å². The summed E-state index contributed by atoms with van der Waals surface area (Å²) >= 11 is 0. The molecule has 0 amide bonds. The second kappa shape index (κ2) is 8.08. The predicted octanol–water partition coefficient (Wildman–Crippen LogP) is 5.49. The Kier molecular flexibility index (Phi) is 5.15. The van der Waals surface area contributed by atoms with Gasteiger partial charge in [-0.2, -0.15) is 0 Å². The van der Waals surface area contributed by atoms with Crippen LogP contribution < -0.4 is 4.74 Å². The molecular formula is C26H30N2O. The van der Waals surface area contributed by atoms with Crippen LogP contribution >= 0.6 is 0 Å². The lowest BCUT2D eigenvalue weighted by molar-refractivity contribution is 0.0724. The van der Waals surface area contributed by atoms with Crippen molar-refractivity contribution in [3.8, 4) is 5.75 Å². The highest BCUT2D eigenvalue weighted by Gasteiger charge is 2.33. The first-order valence-electron chi connectivity index (χ1n) is 10.9. The molecule has 2 atom stereocenters. The number of aromatic nitrogens is 1. The Morgan fingerprint density at radius 3 is 2.52 bits per heavy atom. The van der Waals surface area contributed by atoms with Crippen LogP contribution in [0.4, 0.5) is 0 Å². The van der Waals surface area contributed by atoms with E-state index in [2.05, 4.69) is 89.3 Å². The van der Waals surface area contributed by atoms with E-state index in [-0.39, 0.29) is 6.10 Å². The lowest BCUT2D eigenvalue weighted by Crippen LogP contribution is -2.38. The summed E-state index contributed by atoms with van der Waals surface area (Å²) in [6.45, 7) is 6.71. The van der Waals surface area contributed by atoms with Crippen molar-refractivity contribution in [2.24, 2.45) is 5.92 Å². The van der Waals surface area contributed by atoms with Crippen molar-refractivity contribution in [3.63, 3.8) is 0 Å². The Morgan fingerprint density at radius 1 is 0.931 bits per heavy atom. The summed E-state index contributed by atoms with van der Waals surface area (Å²) in [5.41, 5.74) is 4.05. The maximum absolute atomic E-state index is 6.63. The standard InChI is InChI=1S/C26H30N2O/c1-20(21-8-3-2-4-9-21)18-27-16-13-22(14-17-27)26-24-11-7-15-28(24)19-23-10-5-6-12-25(23)29-26/h2-12,15,20,22,26H,13-14,16-19H2,1H3. The number of rotatable bonds is 4. The zero-order chi connectivity index (χ0) is 19.6. The number of hydrogen-bond acceptors (Lipinski definition) is 2. The van der Waals surface area contributed by atoms with Gasteiger partial charge < -0.3 is 14.2 Å². The molecule has 5 rings (SSSR count). The summed E-state index contributed by atoms with van der Waals surface area (Å²) < 4.78 is 9.00. The molecule has 0 radical (unpaired) electrons. The third-order valence-corrected chi connectivity index (χ3v) is 6.68. The molecule has 2 aromatic carbocycles. The Morgan fingerprint density at radius 2 is 1.69 bits per heavy atom. The van der Waals surface area contributed by atoms with Crippen LogP contribution in [0.15, 0.2) is 72.9 Å². The second-order valence-electron chi connectivity index (χ2n) is 8.66. The first kappa shape index (κ1) is 18.5. The molecule has 3 nitrogen and oxygen atoms in total. The van der Waals surface area contributed by atoms with Gasteiger partial charge in [-0.15, -0.1) is 0 Å². The third-order valence-electron chi connectivity index (χ3n) is 6.68. The second-order valence-corrected chi connectivity index (χ2v) is 8.66. The van der Waals surface area contributed by atoms with Gasteiger partial charge in [0.25, 0.3) is 0 Å². The van der Waals surface area contributed by atoms with E-state index in [1.54, 1.807) is 0 Å².